The lowest BCUT2D eigenvalue weighted by molar-refractivity contribution is -0.151. The van der Waals surface area contributed by atoms with Crippen molar-refractivity contribution >= 4 is 11.7 Å². The number of carbonyl (C=O) groups excluding carboxylic acids is 2. The van der Waals surface area contributed by atoms with Crippen LogP contribution >= 0.6 is 0 Å². The van der Waals surface area contributed by atoms with E-state index >= 15 is 0 Å². The lowest BCUT2D eigenvalue weighted by Crippen LogP contribution is -2.71. The molecule has 1 rings (SSSR count). The first-order chi connectivity index (χ1) is 9.59. The molecule has 0 aromatic heterocycles. The Labute approximate surface area is 128 Å². The van der Waals surface area contributed by atoms with E-state index in [0.717, 1.165) is 0 Å². The second kappa shape index (κ2) is 6.14. The van der Waals surface area contributed by atoms with Crippen molar-refractivity contribution in [2.24, 2.45) is 11.7 Å². The van der Waals surface area contributed by atoms with Gasteiger partial charge in [0.05, 0.1) is 5.54 Å². The molecule has 4 heteroatoms. The summed E-state index contributed by atoms with van der Waals surface area (Å²) in [5, 5.41) is 0. The number of hydrogen-bond acceptors (Lipinski definition) is 3. The van der Waals surface area contributed by atoms with Gasteiger partial charge < -0.3 is 10.6 Å². The molecular formula is C17H28N2O2. The van der Waals surface area contributed by atoms with Crippen LogP contribution in [0.25, 0.3) is 0 Å². The number of hydrogen-bond donors (Lipinski definition) is 1. The predicted molar refractivity (Wildman–Crippen MR) is 85.7 cm³/mol. The predicted octanol–water partition coefficient (Wildman–Crippen LogP) is 2.44. The van der Waals surface area contributed by atoms with E-state index in [2.05, 4.69) is 0 Å². The summed E-state index contributed by atoms with van der Waals surface area (Å²) in [4.78, 5) is 26.6. The van der Waals surface area contributed by atoms with Crippen LogP contribution in [0.4, 0.5) is 0 Å². The van der Waals surface area contributed by atoms with Gasteiger partial charge in [0, 0.05) is 17.5 Å². The summed E-state index contributed by atoms with van der Waals surface area (Å²) in [5.41, 5.74) is 5.36. The number of nitrogens with two attached hydrogens (primary N) is 1. The molecule has 1 amide bonds. The summed E-state index contributed by atoms with van der Waals surface area (Å²) >= 11 is 0. The molecule has 4 nitrogen and oxygen atoms in total. The molecule has 21 heavy (non-hydrogen) atoms. The molecule has 0 spiro atoms. The molecule has 118 valence electrons. The van der Waals surface area contributed by atoms with Gasteiger partial charge in [-0.1, -0.05) is 12.2 Å². The van der Waals surface area contributed by atoms with E-state index < -0.39 is 11.1 Å². The van der Waals surface area contributed by atoms with Gasteiger partial charge in [0.1, 0.15) is 0 Å². The summed E-state index contributed by atoms with van der Waals surface area (Å²) < 4.78 is 0. The number of allylic oxidation sites excluding steroid dienone is 3. The van der Waals surface area contributed by atoms with Crippen LogP contribution < -0.4 is 5.73 Å². The molecule has 0 aromatic carbocycles. The highest BCUT2D eigenvalue weighted by Crippen LogP contribution is 2.41. The van der Waals surface area contributed by atoms with Crippen LogP contribution in [0.15, 0.2) is 24.3 Å². The van der Waals surface area contributed by atoms with Crippen molar-refractivity contribution in [2.45, 2.75) is 65.1 Å². The van der Waals surface area contributed by atoms with Gasteiger partial charge in [0.25, 0.3) is 0 Å². The minimum atomic E-state index is -0.583. The smallest absolute Gasteiger partial charge is 0.247 e. The van der Waals surface area contributed by atoms with Gasteiger partial charge in [-0.05, 0) is 60.1 Å². The molecule has 0 radical (unpaired) electrons. The SMILES string of the molecule is CC=CC(=O)C1CC(C)(C)N(C(=O)C=CC)C(C)(C)C1N. The van der Waals surface area contributed by atoms with E-state index in [1.807, 2.05) is 46.4 Å². The quantitative estimate of drug-likeness (QED) is 0.813. The third kappa shape index (κ3) is 3.26. The fourth-order valence-electron chi connectivity index (χ4n) is 3.54. The Morgan fingerprint density at radius 1 is 1.10 bits per heavy atom. The Morgan fingerprint density at radius 2 is 1.62 bits per heavy atom. The summed E-state index contributed by atoms with van der Waals surface area (Å²) in [5.74, 6) is -0.273. The number of piperidine rings is 1. The third-order valence-electron chi connectivity index (χ3n) is 4.38. The molecule has 0 aromatic rings. The minimum Gasteiger partial charge on any atom is -0.327 e. The Morgan fingerprint density at radius 3 is 2.10 bits per heavy atom. The monoisotopic (exact) mass is 292 g/mol. The number of ketones is 1. The van der Waals surface area contributed by atoms with Gasteiger partial charge in [-0.25, -0.2) is 0 Å². The van der Waals surface area contributed by atoms with Gasteiger partial charge in [-0.3, -0.25) is 9.59 Å². The van der Waals surface area contributed by atoms with Crippen molar-refractivity contribution in [3.05, 3.63) is 24.3 Å². The first-order valence-corrected chi connectivity index (χ1v) is 7.48. The van der Waals surface area contributed by atoms with Crippen LogP contribution in [0.2, 0.25) is 0 Å². The van der Waals surface area contributed by atoms with E-state index in [-0.39, 0.29) is 23.7 Å². The first kappa shape index (κ1) is 17.6. The Kier molecular flexibility index (Phi) is 5.16. The Bertz CT molecular complexity index is 475. The topological polar surface area (TPSA) is 63.4 Å². The lowest BCUT2D eigenvalue weighted by Gasteiger charge is -2.57. The maximum absolute atomic E-state index is 12.5. The largest absolute Gasteiger partial charge is 0.327 e. The number of amides is 1. The summed E-state index contributed by atoms with van der Waals surface area (Å²) in [7, 11) is 0. The van der Waals surface area contributed by atoms with Crippen LogP contribution in [0.5, 0.6) is 0 Å². The van der Waals surface area contributed by atoms with Crippen molar-refractivity contribution in [3.63, 3.8) is 0 Å². The van der Waals surface area contributed by atoms with Gasteiger partial charge in [-0.2, -0.15) is 0 Å². The molecule has 1 heterocycles. The fourth-order valence-corrected chi connectivity index (χ4v) is 3.54. The molecule has 1 fully saturated rings. The average Bonchev–Trinajstić information content (AvgIpc) is 2.33. The highest BCUT2D eigenvalue weighted by molar-refractivity contribution is 5.93. The van der Waals surface area contributed by atoms with E-state index in [4.69, 9.17) is 5.73 Å². The number of likely N-dealkylation sites (tertiary alicyclic amines) is 1. The van der Waals surface area contributed by atoms with E-state index in [0.29, 0.717) is 6.42 Å². The average molecular weight is 292 g/mol. The van der Waals surface area contributed by atoms with E-state index in [1.54, 1.807) is 24.3 Å². The maximum atomic E-state index is 12.5. The van der Waals surface area contributed by atoms with Crippen LogP contribution in [0.1, 0.15) is 48.0 Å². The molecule has 2 unspecified atom stereocenters. The van der Waals surface area contributed by atoms with Crippen molar-refractivity contribution in [3.8, 4) is 0 Å². The molecule has 0 saturated carbocycles. The van der Waals surface area contributed by atoms with E-state index in [9.17, 15) is 9.59 Å². The molecule has 1 saturated heterocycles. The van der Waals surface area contributed by atoms with Crippen molar-refractivity contribution in [2.75, 3.05) is 0 Å². The van der Waals surface area contributed by atoms with Crippen LogP contribution in [0.3, 0.4) is 0 Å². The Hall–Kier alpha value is -1.42. The van der Waals surface area contributed by atoms with Gasteiger partial charge in [0.15, 0.2) is 5.78 Å². The third-order valence-corrected chi connectivity index (χ3v) is 4.38. The van der Waals surface area contributed by atoms with Crippen LogP contribution in [-0.2, 0) is 9.59 Å². The summed E-state index contributed by atoms with van der Waals surface area (Å²) in [6.07, 6.45) is 7.19. The highest BCUT2D eigenvalue weighted by Gasteiger charge is 2.53. The summed E-state index contributed by atoms with van der Waals surface area (Å²) in [6.45, 7) is 11.5. The van der Waals surface area contributed by atoms with Gasteiger partial charge in [-0.15, -0.1) is 0 Å². The summed E-state index contributed by atoms with van der Waals surface area (Å²) in [6, 6.07) is -0.386. The number of carbonyl (C=O) groups is 2. The van der Waals surface area contributed by atoms with E-state index in [1.165, 1.54) is 0 Å². The fraction of sp³-hybridized carbons (Fsp3) is 0.647. The Balaban J connectivity index is 3.25. The molecule has 0 bridgehead atoms. The normalized spacial score (nSPS) is 28.2. The maximum Gasteiger partial charge on any atom is 0.247 e. The second-order valence-electron chi connectivity index (χ2n) is 6.88. The minimum absolute atomic E-state index is 0.0456. The van der Waals surface area contributed by atoms with Crippen molar-refractivity contribution in [1.82, 2.24) is 4.90 Å². The van der Waals surface area contributed by atoms with Crippen LogP contribution in [0, 0.1) is 5.92 Å². The molecule has 1 aliphatic heterocycles. The van der Waals surface area contributed by atoms with Crippen LogP contribution in [-0.4, -0.2) is 33.7 Å². The van der Waals surface area contributed by atoms with Crippen molar-refractivity contribution in [1.29, 1.82) is 0 Å². The van der Waals surface area contributed by atoms with Gasteiger partial charge in [0.2, 0.25) is 5.91 Å². The highest BCUT2D eigenvalue weighted by atomic mass is 16.2. The molecule has 2 atom stereocenters. The first-order valence-electron chi connectivity index (χ1n) is 7.48. The zero-order valence-corrected chi connectivity index (χ0v) is 14.0. The molecule has 0 aliphatic carbocycles. The van der Waals surface area contributed by atoms with Gasteiger partial charge >= 0.3 is 0 Å². The molecular weight excluding hydrogens is 264 g/mol. The standard InChI is InChI=1S/C17H28N2O2/c1-7-9-13(20)12-11-16(3,4)19(14(21)10-8-2)17(5,6)15(12)18/h7-10,12,15H,11,18H2,1-6H3. The van der Waals surface area contributed by atoms with Crippen molar-refractivity contribution < 1.29 is 9.59 Å². The second-order valence-corrected chi connectivity index (χ2v) is 6.88. The lowest BCUT2D eigenvalue weighted by atomic mass is 9.68. The zero-order chi connectivity index (χ0) is 16.4. The molecule has 1 aliphatic rings. The zero-order valence-electron chi connectivity index (χ0n) is 14.0. The number of rotatable bonds is 3. The molecule has 2 N–H and O–H groups in total. The number of nitrogens with zero attached hydrogens (tertiary/aromatic N) is 1.